The van der Waals surface area contributed by atoms with E-state index in [2.05, 4.69) is 33.0 Å². The van der Waals surface area contributed by atoms with Crippen molar-refractivity contribution in [1.82, 2.24) is 5.32 Å². The Morgan fingerprint density at radius 3 is 2.28 bits per heavy atom. The predicted molar refractivity (Wildman–Crippen MR) is 114 cm³/mol. The summed E-state index contributed by atoms with van der Waals surface area (Å²) in [6.45, 7) is 12.1. The van der Waals surface area contributed by atoms with Gasteiger partial charge in [0.05, 0.1) is 0 Å². The number of rotatable bonds is 9. The number of hydrogen-bond acceptors (Lipinski definition) is 1. The number of halogens is 3. The van der Waals surface area contributed by atoms with E-state index >= 15 is 0 Å². The molecule has 0 heterocycles. The van der Waals surface area contributed by atoms with Gasteiger partial charge in [-0.1, -0.05) is 0 Å². The van der Waals surface area contributed by atoms with Gasteiger partial charge in [-0.15, -0.1) is 0 Å². The van der Waals surface area contributed by atoms with Gasteiger partial charge in [-0.2, -0.15) is 0 Å². The summed E-state index contributed by atoms with van der Waals surface area (Å²) in [7, 11) is 0. The second kappa shape index (κ2) is 9.95. The van der Waals surface area contributed by atoms with Crippen LogP contribution < -0.4 is 5.32 Å². The van der Waals surface area contributed by atoms with Crippen molar-refractivity contribution in [1.29, 1.82) is 0 Å². The predicted octanol–water partition coefficient (Wildman–Crippen LogP) is 6.03. The van der Waals surface area contributed by atoms with Gasteiger partial charge in [-0.05, 0) is 0 Å². The standard InChI is InChI=1S/C23H33BF3NO/c1-14(2)6-7-17(12-15(3)4)22(29)28-21(24-5)19-11-10-18(23(25,26)27)13-20(19)16-8-9-16/h10-11,13-17H,6-9,12H2,1-5H3,(H,28,29). The summed E-state index contributed by atoms with van der Waals surface area (Å²) in [5.41, 5.74) is 1.39. The number of alkyl halides is 3. The number of amides is 1. The minimum absolute atomic E-state index is 0.0332. The Kier molecular flexibility index (Phi) is 8.13. The Hall–Kier alpha value is -1.59. The van der Waals surface area contributed by atoms with Crippen molar-refractivity contribution in [3.63, 3.8) is 0 Å². The molecule has 0 bridgehead atoms. The number of carbonyl (C=O) groups is 1. The molecule has 1 unspecified atom stereocenters. The van der Waals surface area contributed by atoms with E-state index in [0.717, 1.165) is 38.2 Å². The molecule has 1 fully saturated rings. The first kappa shape index (κ1) is 23.7. The van der Waals surface area contributed by atoms with E-state index in [1.54, 1.807) is 6.92 Å². The van der Waals surface area contributed by atoms with E-state index in [0.29, 0.717) is 28.5 Å². The Labute approximate surface area is 173 Å². The molecule has 0 spiro atoms. The molecule has 1 aromatic carbocycles. The van der Waals surface area contributed by atoms with E-state index in [1.165, 1.54) is 12.1 Å². The normalized spacial score (nSPS) is 16.1. The Morgan fingerprint density at radius 2 is 1.79 bits per heavy atom. The van der Waals surface area contributed by atoms with Crippen LogP contribution in [0.25, 0.3) is 0 Å². The summed E-state index contributed by atoms with van der Waals surface area (Å²) in [5.74, 6) is 0.946. The monoisotopic (exact) mass is 407 g/mol. The molecule has 29 heavy (non-hydrogen) atoms. The van der Waals surface area contributed by atoms with E-state index in [4.69, 9.17) is 0 Å². The van der Waals surface area contributed by atoms with Gasteiger partial charge in [0.1, 0.15) is 0 Å². The van der Waals surface area contributed by atoms with Crippen LogP contribution in [0.4, 0.5) is 13.2 Å². The SMILES string of the molecule is CB=C(NC(=O)C(CCC(C)C)CC(C)C)c1ccc(C(F)(F)F)cc1C1CC1. The van der Waals surface area contributed by atoms with Crippen LogP contribution in [-0.4, -0.2) is 18.4 Å². The first-order valence-electron chi connectivity index (χ1n) is 10.7. The molecule has 0 saturated heterocycles. The Bertz CT molecular complexity index is 736. The first-order chi connectivity index (χ1) is 13.5. The summed E-state index contributed by atoms with van der Waals surface area (Å²) in [6, 6.07) is 3.88. The van der Waals surface area contributed by atoms with E-state index < -0.39 is 11.7 Å². The van der Waals surface area contributed by atoms with Crippen LogP contribution in [0.3, 0.4) is 0 Å². The molecule has 1 atom stereocenters. The fourth-order valence-corrected chi connectivity index (χ4v) is 3.71. The number of benzene rings is 1. The third-order valence-corrected chi connectivity index (χ3v) is 5.45. The maximum atomic E-state index is 13.2. The van der Waals surface area contributed by atoms with Crippen molar-refractivity contribution in [3.8, 4) is 0 Å². The van der Waals surface area contributed by atoms with Gasteiger partial charge < -0.3 is 0 Å². The molecule has 0 radical (unpaired) electrons. The van der Waals surface area contributed by atoms with Crippen molar-refractivity contribution >= 4 is 18.4 Å². The Morgan fingerprint density at radius 1 is 1.14 bits per heavy atom. The van der Waals surface area contributed by atoms with Gasteiger partial charge in [0.15, 0.2) is 0 Å². The number of hydrogen-bond donors (Lipinski definition) is 1. The average Bonchev–Trinajstić information content (AvgIpc) is 3.46. The third-order valence-electron chi connectivity index (χ3n) is 5.45. The summed E-state index contributed by atoms with van der Waals surface area (Å²) in [6.07, 6.45) is 0.0245. The molecular weight excluding hydrogens is 374 g/mol. The van der Waals surface area contributed by atoms with Gasteiger partial charge >= 0.3 is 173 Å². The van der Waals surface area contributed by atoms with Crippen molar-refractivity contribution < 1.29 is 18.0 Å². The molecule has 160 valence electrons. The van der Waals surface area contributed by atoms with Crippen LogP contribution >= 0.6 is 0 Å². The zero-order chi connectivity index (χ0) is 21.8. The van der Waals surface area contributed by atoms with Crippen molar-refractivity contribution in [2.24, 2.45) is 17.8 Å². The molecule has 1 N–H and O–H groups in total. The van der Waals surface area contributed by atoms with Crippen LogP contribution in [-0.2, 0) is 11.0 Å². The topological polar surface area (TPSA) is 29.1 Å². The van der Waals surface area contributed by atoms with Gasteiger partial charge in [0.2, 0.25) is 0 Å². The van der Waals surface area contributed by atoms with Crippen molar-refractivity contribution in [2.45, 2.75) is 78.7 Å². The van der Waals surface area contributed by atoms with Gasteiger partial charge in [-0.25, -0.2) is 0 Å². The first-order valence-corrected chi connectivity index (χ1v) is 10.7. The summed E-state index contributed by atoms with van der Waals surface area (Å²) in [5, 5.41) is 3.03. The van der Waals surface area contributed by atoms with Crippen molar-refractivity contribution in [2.75, 3.05) is 0 Å². The van der Waals surface area contributed by atoms with E-state index in [-0.39, 0.29) is 17.7 Å². The fraction of sp³-hybridized carbons (Fsp3) is 0.652. The second-order valence-corrected chi connectivity index (χ2v) is 9.06. The van der Waals surface area contributed by atoms with Crippen LogP contribution in [0.2, 0.25) is 6.82 Å². The van der Waals surface area contributed by atoms with Crippen LogP contribution in [0, 0.1) is 17.8 Å². The zero-order valence-corrected chi connectivity index (χ0v) is 18.2. The summed E-state index contributed by atoms with van der Waals surface area (Å²) in [4.78, 5) is 13.0. The van der Waals surface area contributed by atoms with Crippen LogP contribution in [0.15, 0.2) is 18.2 Å². The quantitative estimate of drug-likeness (QED) is 0.498. The molecule has 2 rings (SSSR count). The number of nitrogens with one attached hydrogen (secondary N) is 1. The van der Waals surface area contributed by atoms with Crippen molar-refractivity contribution in [3.05, 3.63) is 34.9 Å². The van der Waals surface area contributed by atoms with Gasteiger partial charge in [0.25, 0.3) is 0 Å². The minimum atomic E-state index is -4.36. The molecule has 1 amide bonds. The second-order valence-electron chi connectivity index (χ2n) is 9.06. The fourth-order valence-electron chi connectivity index (χ4n) is 3.71. The molecule has 1 saturated carbocycles. The van der Waals surface area contributed by atoms with Gasteiger partial charge in [-0.3, -0.25) is 0 Å². The van der Waals surface area contributed by atoms with Crippen LogP contribution in [0.5, 0.6) is 0 Å². The molecule has 1 aliphatic carbocycles. The van der Waals surface area contributed by atoms with Gasteiger partial charge in [0, 0.05) is 0 Å². The summed E-state index contributed by atoms with van der Waals surface area (Å²) < 4.78 is 39.5. The van der Waals surface area contributed by atoms with Crippen LogP contribution in [0.1, 0.15) is 82.4 Å². The maximum absolute atomic E-state index is 13.2. The molecule has 0 aromatic heterocycles. The summed E-state index contributed by atoms with van der Waals surface area (Å²) >= 11 is 0. The molecule has 6 heteroatoms. The number of carbonyl (C=O) groups excluding carboxylic acids is 1. The zero-order valence-electron chi connectivity index (χ0n) is 18.2. The van der Waals surface area contributed by atoms with E-state index in [9.17, 15) is 18.0 Å². The molecule has 0 aliphatic heterocycles. The Balaban J connectivity index is 2.25. The molecule has 1 aliphatic rings. The molecule has 2 nitrogen and oxygen atoms in total. The van der Waals surface area contributed by atoms with E-state index in [1.807, 2.05) is 6.82 Å². The molecular formula is C23H33BF3NO. The average molecular weight is 407 g/mol. The third kappa shape index (κ3) is 7.00. The molecule has 1 aromatic rings.